The van der Waals surface area contributed by atoms with E-state index in [0.29, 0.717) is 44.3 Å². The van der Waals surface area contributed by atoms with Crippen molar-refractivity contribution in [2.45, 2.75) is 13.8 Å². The number of nitrogens with zero attached hydrogens (tertiary/aromatic N) is 1. The Morgan fingerprint density at radius 3 is 2.61 bits per heavy atom. The number of thioether (sulfide) groups is 1. The lowest BCUT2D eigenvalue weighted by Crippen LogP contribution is -2.12. The number of aliphatic imine (C=N–C) groups is 1. The molecule has 8 heteroatoms. The van der Waals surface area contributed by atoms with Crippen molar-refractivity contribution in [3.63, 3.8) is 0 Å². The summed E-state index contributed by atoms with van der Waals surface area (Å²) in [5.41, 5.74) is 1.34. The second-order valence-corrected chi connectivity index (χ2v) is 8.11. The van der Waals surface area contributed by atoms with E-state index in [-0.39, 0.29) is 24.5 Å². The number of aliphatic hydroxyl groups is 1. The summed E-state index contributed by atoms with van der Waals surface area (Å²) in [6.07, 6.45) is 3.32. The number of rotatable bonds is 9. The van der Waals surface area contributed by atoms with Gasteiger partial charge in [0.25, 0.3) is 0 Å². The molecule has 0 aliphatic carbocycles. The fraction of sp³-hybridized carbons (Fsp3) is 0.200. The zero-order valence-corrected chi connectivity index (χ0v) is 19.9. The van der Waals surface area contributed by atoms with Crippen molar-refractivity contribution in [3.8, 4) is 11.5 Å². The number of halogens is 1. The summed E-state index contributed by atoms with van der Waals surface area (Å²) in [5.74, 6) is 0.0443. The van der Waals surface area contributed by atoms with Crippen LogP contribution < -0.4 is 9.47 Å². The second-order valence-electron chi connectivity index (χ2n) is 6.67. The van der Waals surface area contributed by atoms with Crippen LogP contribution in [0.3, 0.4) is 0 Å². The number of esters is 1. The molecule has 0 bridgehead atoms. The molecule has 0 unspecified atom stereocenters. The monoisotopic (exact) mass is 485 g/mol. The van der Waals surface area contributed by atoms with Gasteiger partial charge in [0.05, 0.1) is 28.8 Å². The van der Waals surface area contributed by atoms with Crippen molar-refractivity contribution >= 4 is 46.1 Å². The first-order chi connectivity index (χ1) is 16.0. The van der Waals surface area contributed by atoms with Gasteiger partial charge in [-0.1, -0.05) is 54.2 Å². The van der Waals surface area contributed by atoms with Crippen molar-refractivity contribution < 1.29 is 24.1 Å². The van der Waals surface area contributed by atoms with Gasteiger partial charge in [0.1, 0.15) is 23.0 Å². The minimum absolute atomic E-state index is 0.0269. The van der Waals surface area contributed by atoms with Gasteiger partial charge >= 0.3 is 5.97 Å². The molecular formula is C25H24ClNO5S. The second kappa shape index (κ2) is 11.6. The lowest BCUT2D eigenvalue weighted by Gasteiger charge is -2.13. The molecular weight excluding hydrogens is 462 g/mol. The standard InChI is InChI=1S/C25H24ClNO5S/c1-4-12-32-23-18(26)13-16(14-19(23)30-5-2)15-20-22(28)21(25(29)31-6-3)24(33-20)27-17-10-8-7-9-11-17/h4,7-11,13-15,28H,1,5-6,12H2,2-3H3/b20-15-,27-24?. The third-order valence-electron chi connectivity index (χ3n) is 4.33. The highest BCUT2D eigenvalue weighted by Gasteiger charge is 2.33. The number of carbonyl (C=O) groups is 1. The lowest BCUT2D eigenvalue weighted by atomic mass is 10.1. The fourth-order valence-corrected chi connectivity index (χ4v) is 4.29. The van der Waals surface area contributed by atoms with Crippen molar-refractivity contribution in [2.24, 2.45) is 4.99 Å². The number of ether oxygens (including phenoxy) is 3. The molecule has 1 heterocycles. The smallest absolute Gasteiger partial charge is 0.344 e. The van der Waals surface area contributed by atoms with E-state index in [1.807, 2.05) is 37.3 Å². The van der Waals surface area contributed by atoms with E-state index in [4.69, 9.17) is 25.8 Å². The summed E-state index contributed by atoms with van der Waals surface area (Å²) in [6, 6.07) is 12.6. The first-order valence-corrected chi connectivity index (χ1v) is 11.5. The largest absolute Gasteiger partial charge is 0.506 e. The number of para-hydroxylation sites is 1. The van der Waals surface area contributed by atoms with E-state index in [1.54, 1.807) is 31.2 Å². The highest BCUT2D eigenvalue weighted by atomic mass is 35.5. The van der Waals surface area contributed by atoms with Crippen LogP contribution >= 0.6 is 23.4 Å². The molecule has 33 heavy (non-hydrogen) atoms. The normalized spacial score (nSPS) is 15.7. The van der Waals surface area contributed by atoms with Gasteiger partial charge in [-0.25, -0.2) is 9.79 Å². The molecule has 6 nitrogen and oxygen atoms in total. The molecule has 0 amide bonds. The molecule has 0 radical (unpaired) electrons. The summed E-state index contributed by atoms with van der Waals surface area (Å²) in [6.45, 7) is 8.08. The van der Waals surface area contributed by atoms with Crippen LogP contribution in [0.4, 0.5) is 5.69 Å². The molecule has 0 atom stereocenters. The van der Waals surface area contributed by atoms with Crippen LogP contribution in [-0.4, -0.2) is 35.9 Å². The van der Waals surface area contributed by atoms with Crippen LogP contribution in [0.1, 0.15) is 19.4 Å². The Hall–Kier alpha value is -3.16. The predicted octanol–water partition coefficient (Wildman–Crippen LogP) is 6.50. The first-order valence-electron chi connectivity index (χ1n) is 10.3. The van der Waals surface area contributed by atoms with E-state index >= 15 is 0 Å². The van der Waals surface area contributed by atoms with Gasteiger partial charge in [-0.05, 0) is 49.8 Å². The number of aliphatic hydroxyl groups excluding tert-OH is 1. The summed E-state index contributed by atoms with van der Waals surface area (Å²) < 4.78 is 16.5. The highest BCUT2D eigenvalue weighted by molar-refractivity contribution is 8.18. The van der Waals surface area contributed by atoms with Crippen molar-refractivity contribution in [1.82, 2.24) is 0 Å². The molecule has 172 valence electrons. The molecule has 1 N–H and O–H groups in total. The van der Waals surface area contributed by atoms with Crippen LogP contribution in [0.15, 0.2) is 76.3 Å². The molecule has 0 fully saturated rings. The maximum atomic E-state index is 12.6. The zero-order chi connectivity index (χ0) is 23.8. The molecule has 0 saturated carbocycles. The SMILES string of the molecule is C=CCOc1c(Cl)cc(/C=C2\SC(=Nc3ccccc3)C(C(=O)OCC)=C2O)cc1OCC. The summed E-state index contributed by atoms with van der Waals surface area (Å²) >= 11 is 7.61. The van der Waals surface area contributed by atoms with E-state index < -0.39 is 5.97 Å². The summed E-state index contributed by atoms with van der Waals surface area (Å²) in [7, 11) is 0. The first kappa shape index (κ1) is 24.5. The quantitative estimate of drug-likeness (QED) is 0.323. The number of benzene rings is 2. The van der Waals surface area contributed by atoms with Crippen LogP contribution in [-0.2, 0) is 9.53 Å². The molecule has 0 spiro atoms. The third kappa shape index (κ3) is 6.00. The van der Waals surface area contributed by atoms with Gasteiger partial charge in [-0.15, -0.1) is 0 Å². The molecule has 1 aliphatic rings. The topological polar surface area (TPSA) is 77.4 Å². The highest BCUT2D eigenvalue weighted by Crippen LogP contribution is 2.42. The molecule has 0 saturated heterocycles. The third-order valence-corrected chi connectivity index (χ3v) is 5.63. The molecule has 3 rings (SSSR count). The summed E-state index contributed by atoms with van der Waals surface area (Å²) in [4.78, 5) is 17.5. The summed E-state index contributed by atoms with van der Waals surface area (Å²) in [5, 5.41) is 11.6. The van der Waals surface area contributed by atoms with E-state index in [2.05, 4.69) is 11.6 Å². The Morgan fingerprint density at radius 1 is 1.18 bits per heavy atom. The average molecular weight is 486 g/mol. The molecule has 0 aromatic heterocycles. The maximum Gasteiger partial charge on any atom is 0.344 e. The predicted molar refractivity (Wildman–Crippen MR) is 134 cm³/mol. The minimum atomic E-state index is -0.637. The number of hydrogen-bond acceptors (Lipinski definition) is 7. The molecule has 1 aliphatic heterocycles. The number of hydrogen-bond donors (Lipinski definition) is 1. The minimum Gasteiger partial charge on any atom is -0.506 e. The van der Waals surface area contributed by atoms with Crippen LogP contribution in [0.25, 0.3) is 6.08 Å². The van der Waals surface area contributed by atoms with E-state index in [1.165, 1.54) is 11.8 Å². The van der Waals surface area contributed by atoms with Gasteiger partial charge in [-0.3, -0.25) is 0 Å². The zero-order valence-electron chi connectivity index (χ0n) is 18.3. The van der Waals surface area contributed by atoms with E-state index in [9.17, 15) is 9.90 Å². The lowest BCUT2D eigenvalue weighted by molar-refractivity contribution is -0.138. The maximum absolute atomic E-state index is 12.6. The Balaban J connectivity index is 2.04. The van der Waals surface area contributed by atoms with Crippen molar-refractivity contribution in [3.05, 3.63) is 81.9 Å². The van der Waals surface area contributed by atoms with E-state index in [0.717, 1.165) is 0 Å². The Bertz CT molecular complexity index is 1130. The average Bonchev–Trinajstić information content (AvgIpc) is 3.09. The van der Waals surface area contributed by atoms with Crippen molar-refractivity contribution in [1.29, 1.82) is 0 Å². The Morgan fingerprint density at radius 2 is 1.94 bits per heavy atom. The van der Waals surface area contributed by atoms with Crippen LogP contribution in [0.2, 0.25) is 5.02 Å². The fourth-order valence-electron chi connectivity index (χ4n) is 2.98. The van der Waals surface area contributed by atoms with Gasteiger partial charge < -0.3 is 19.3 Å². The van der Waals surface area contributed by atoms with Crippen molar-refractivity contribution in [2.75, 3.05) is 19.8 Å². The Kier molecular flexibility index (Phi) is 8.63. The van der Waals surface area contributed by atoms with Gasteiger partial charge in [0.2, 0.25) is 0 Å². The van der Waals surface area contributed by atoms with Crippen LogP contribution in [0.5, 0.6) is 11.5 Å². The molecule has 2 aromatic rings. The molecule has 2 aromatic carbocycles. The van der Waals surface area contributed by atoms with Crippen LogP contribution in [0, 0.1) is 0 Å². The Labute approximate surface area is 202 Å². The number of carbonyl (C=O) groups excluding carboxylic acids is 1. The van der Waals surface area contributed by atoms with Gasteiger partial charge in [0.15, 0.2) is 11.5 Å². The van der Waals surface area contributed by atoms with Gasteiger partial charge in [-0.2, -0.15) is 0 Å². The van der Waals surface area contributed by atoms with Gasteiger partial charge in [0, 0.05) is 0 Å².